The highest BCUT2D eigenvalue weighted by Crippen LogP contribution is 2.54. The fourth-order valence-corrected chi connectivity index (χ4v) is 18.4. The number of para-hydroxylation sites is 6. The number of nitrogens with zero attached hydrogens (tertiary/aromatic N) is 4. The lowest BCUT2D eigenvalue weighted by Crippen LogP contribution is -2.17. The first-order valence-electron chi connectivity index (χ1n) is 37.9. The number of hydrogen-bond donors (Lipinski definition) is 0. The molecule has 4 heteroatoms. The molecule has 0 amide bonds. The van der Waals surface area contributed by atoms with Gasteiger partial charge in [0.25, 0.3) is 0 Å². The van der Waals surface area contributed by atoms with Crippen LogP contribution >= 0.6 is 0 Å². The van der Waals surface area contributed by atoms with Gasteiger partial charge in [0, 0.05) is 71.7 Å². The highest BCUT2D eigenvalue weighted by atomic mass is 15.1. The van der Waals surface area contributed by atoms with Crippen molar-refractivity contribution in [3.8, 4) is 83.8 Å². The van der Waals surface area contributed by atoms with Crippen molar-refractivity contribution >= 4 is 115 Å². The fraction of sp³-hybridized carbons (Fsp3) is 0.0286. The summed E-state index contributed by atoms with van der Waals surface area (Å²) >= 11 is 0. The molecule has 21 aromatic rings. The summed E-state index contributed by atoms with van der Waals surface area (Å²) in [5, 5.41) is 14.9. The van der Waals surface area contributed by atoms with Crippen LogP contribution in [-0.2, 0) is 5.41 Å². The molecule has 0 atom stereocenters. The predicted octanol–water partition coefficient (Wildman–Crippen LogP) is 28.5. The van der Waals surface area contributed by atoms with Gasteiger partial charge in [-0.25, -0.2) is 0 Å². The zero-order chi connectivity index (χ0) is 72.0. The molecule has 510 valence electrons. The van der Waals surface area contributed by atoms with Gasteiger partial charge in [0.05, 0.1) is 38.8 Å². The Balaban J connectivity index is 0.671. The van der Waals surface area contributed by atoms with Crippen molar-refractivity contribution in [2.75, 3.05) is 4.90 Å². The second-order valence-electron chi connectivity index (χ2n) is 29.9. The van der Waals surface area contributed by atoms with E-state index in [-0.39, 0.29) is 5.41 Å². The summed E-state index contributed by atoms with van der Waals surface area (Å²) in [6.45, 7) is 4.81. The quantitative estimate of drug-likeness (QED) is 0.118. The molecule has 0 spiro atoms. The van der Waals surface area contributed by atoms with Crippen molar-refractivity contribution in [1.82, 2.24) is 13.7 Å². The van der Waals surface area contributed by atoms with Crippen LogP contribution in [0.1, 0.15) is 25.0 Å². The van der Waals surface area contributed by atoms with Crippen LogP contribution in [0.5, 0.6) is 0 Å². The summed E-state index contributed by atoms with van der Waals surface area (Å²) in [6, 6.07) is 145. The minimum atomic E-state index is -0.298. The van der Waals surface area contributed by atoms with Crippen LogP contribution in [0.4, 0.5) is 17.1 Å². The summed E-state index contributed by atoms with van der Waals surface area (Å²) < 4.78 is 7.31. The lowest BCUT2D eigenvalue weighted by atomic mass is 9.82. The third-order valence-corrected chi connectivity index (χ3v) is 23.6. The molecule has 0 saturated heterocycles. The molecular formula is C105H70N4. The molecule has 3 aromatic heterocycles. The largest absolute Gasteiger partial charge is 0.310 e. The maximum Gasteiger partial charge on any atom is 0.0541 e. The maximum absolute atomic E-state index is 2.50. The van der Waals surface area contributed by atoms with Gasteiger partial charge in [0.15, 0.2) is 0 Å². The molecule has 0 bridgehead atoms. The van der Waals surface area contributed by atoms with Crippen molar-refractivity contribution in [3.05, 3.63) is 399 Å². The van der Waals surface area contributed by atoms with Crippen molar-refractivity contribution in [1.29, 1.82) is 0 Å². The minimum Gasteiger partial charge on any atom is -0.310 e. The molecule has 1 aliphatic rings. The number of benzene rings is 18. The van der Waals surface area contributed by atoms with Crippen molar-refractivity contribution in [3.63, 3.8) is 0 Å². The Kier molecular flexibility index (Phi) is 14.0. The van der Waals surface area contributed by atoms with E-state index in [2.05, 4.69) is 421 Å². The molecule has 0 radical (unpaired) electrons. The number of anilines is 3. The molecule has 1 aliphatic carbocycles. The van der Waals surface area contributed by atoms with Gasteiger partial charge in [-0.3, -0.25) is 0 Å². The summed E-state index contributed by atoms with van der Waals surface area (Å²) in [4.78, 5) is 2.48. The van der Waals surface area contributed by atoms with E-state index in [1.165, 1.54) is 137 Å². The zero-order valence-corrected chi connectivity index (χ0v) is 60.2. The van der Waals surface area contributed by atoms with Crippen LogP contribution in [-0.4, -0.2) is 13.7 Å². The van der Waals surface area contributed by atoms with E-state index in [1.807, 2.05) is 0 Å². The molecule has 0 N–H and O–H groups in total. The topological polar surface area (TPSA) is 18.0 Å². The van der Waals surface area contributed by atoms with Gasteiger partial charge in [-0.2, -0.15) is 0 Å². The number of rotatable bonds is 11. The smallest absolute Gasteiger partial charge is 0.0541 e. The standard InChI is InChI=1S/C105H70N4/c1-105(2)96-54-45-69(61-92(96)87-53-51-79(66-97(87)105)106(78-49-42-68(43-50-78)67-24-6-3-7-25-67)98-38-20-16-30-81(98)73-44-52-86-84-33-13-12-31-82(84)83-32-14-15-34-85(83)91(86)65-73)70-46-55-104-93(62-70)90-37-19-23-41-101(90)109(104)80-59-74(71-47-56-102-94(63-71)88-35-17-21-39-99(88)107(102)76-26-8-4-9-27-76)58-75(60-80)72-48-57-103-95(64-72)89-36-18-22-40-100(89)108(103)77-28-10-5-11-29-77/h3-66H,1-2H3. The SMILES string of the molecule is CC1(C)c2ccc(-c3ccc4c(c3)c3ccccc3n4-c3cc(-c4ccc5c(c4)c4ccccc4n5-c4ccccc4)cc(-c4ccc5c(c4)c4ccccc4n5-c4ccccc4)c3)cc2-c2ccc(N(c3ccc(-c4ccccc4)cc3)c3ccccc3-c3ccc4c5ccccc5c5ccccc5c4c3)cc21. The van der Waals surface area contributed by atoms with Crippen LogP contribution in [0.25, 0.3) is 182 Å². The normalized spacial score (nSPS) is 12.6. The van der Waals surface area contributed by atoms with E-state index < -0.39 is 0 Å². The van der Waals surface area contributed by atoms with Gasteiger partial charge in [-0.05, 0) is 244 Å². The first-order chi connectivity index (χ1) is 53.8. The molecular weight excluding hydrogens is 1320 g/mol. The summed E-state index contributed by atoms with van der Waals surface area (Å²) in [5.41, 5.74) is 30.3. The monoisotopic (exact) mass is 1390 g/mol. The average molecular weight is 1390 g/mol. The maximum atomic E-state index is 2.50. The molecule has 0 unspecified atom stereocenters. The molecule has 4 nitrogen and oxygen atoms in total. The van der Waals surface area contributed by atoms with Crippen LogP contribution in [0, 0.1) is 0 Å². The van der Waals surface area contributed by atoms with Gasteiger partial charge in [-0.15, -0.1) is 0 Å². The fourth-order valence-electron chi connectivity index (χ4n) is 18.4. The van der Waals surface area contributed by atoms with E-state index in [0.29, 0.717) is 0 Å². The Hall–Kier alpha value is -14.1. The molecule has 0 saturated carbocycles. The second kappa shape index (κ2) is 24.5. The van der Waals surface area contributed by atoms with Gasteiger partial charge < -0.3 is 18.6 Å². The summed E-state index contributed by atoms with van der Waals surface area (Å²) in [7, 11) is 0. The molecule has 0 fully saturated rings. The third kappa shape index (κ3) is 9.85. The van der Waals surface area contributed by atoms with Crippen molar-refractivity contribution < 1.29 is 0 Å². The number of aromatic nitrogens is 3. The van der Waals surface area contributed by atoms with E-state index in [4.69, 9.17) is 0 Å². The van der Waals surface area contributed by atoms with Crippen LogP contribution < -0.4 is 4.90 Å². The Morgan fingerprint density at radius 2 is 0.569 bits per heavy atom. The third-order valence-electron chi connectivity index (χ3n) is 23.6. The van der Waals surface area contributed by atoms with E-state index >= 15 is 0 Å². The first kappa shape index (κ1) is 62.3. The number of hydrogen-bond acceptors (Lipinski definition) is 1. The summed E-state index contributed by atoms with van der Waals surface area (Å²) in [6.07, 6.45) is 0. The van der Waals surface area contributed by atoms with Crippen molar-refractivity contribution in [2.45, 2.75) is 19.3 Å². The van der Waals surface area contributed by atoms with Gasteiger partial charge in [0.1, 0.15) is 0 Å². The lowest BCUT2D eigenvalue weighted by molar-refractivity contribution is 0.660. The highest BCUT2D eigenvalue weighted by Gasteiger charge is 2.37. The molecule has 22 rings (SSSR count). The van der Waals surface area contributed by atoms with Gasteiger partial charge in [0.2, 0.25) is 0 Å². The van der Waals surface area contributed by atoms with E-state index in [1.54, 1.807) is 0 Å². The highest BCUT2D eigenvalue weighted by molar-refractivity contribution is 6.26. The van der Waals surface area contributed by atoms with Gasteiger partial charge >= 0.3 is 0 Å². The minimum absolute atomic E-state index is 0.298. The Morgan fingerprint density at radius 3 is 1.11 bits per heavy atom. The van der Waals surface area contributed by atoms with Crippen LogP contribution in [0.15, 0.2) is 388 Å². The Bertz CT molecular complexity index is 7090. The summed E-state index contributed by atoms with van der Waals surface area (Å²) in [5.74, 6) is 0. The Morgan fingerprint density at radius 1 is 0.193 bits per heavy atom. The molecule has 109 heavy (non-hydrogen) atoms. The first-order valence-corrected chi connectivity index (χ1v) is 37.9. The average Bonchev–Trinajstić information content (AvgIpc) is 1.66. The van der Waals surface area contributed by atoms with E-state index in [0.717, 1.165) is 73.0 Å². The Labute approximate surface area is 631 Å². The molecule has 3 heterocycles. The second-order valence-corrected chi connectivity index (χ2v) is 29.9. The zero-order valence-electron chi connectivity index (χ0n) is 60.2. The number of fused-ring (bicyclic) bond motifs is 18. The van der Waals surface area contributed by atoms with E-state index in [9.17, 15) is 0 Å². The van der Waals surface area contributed by atoms with Gasteiger partial charge in [-0.1, -0.05) is 263 Å². The van der Waals surface area contributed by atoms with Crippen LogP contribution in [0.2, 0.25) is 0 Å². The predicted molar refractivity (Wildman–Crippen MR) is 461 cm³/mol. The molecule has 0 aliphatic heterocycles. The molecule has 18 aromatic carbocycles. The van der Waals surface area contributed by atoms with Crippen LogP contribution in [0.3, 0.4) is 0 Å². The van der Waals surface area contributed by atoms with Crippen molar-refractivity contribution in [2.24, 2.45) is 0 Å². The lowest BCUT2D eigenvalue weighted by Gasteiger charge is -2.30.